The molecule has 1 heterocycles. The lowest BCUT2D eigenvalue weighted by atomic mass is 10.1. The molecule has 4 nitrogen and oxygen atoms in total. The molecule has 19 heavy (non-hydrogen) atoms. The normalized spacial score (nSPS) is 24.4. The van der Waals surface area contributed by atoms with Gasteiger partial charge in [0, 0.05) is 23.6 Å². The molecule has 0 saturated carbocycles. The highest BCUT2D eigenvalue weighted by atomic mass is 79.9. The van der Waals surface area contributed by atoms with E-state index in [1.165, 1.54) is 0 Å². The topological polar surface area (TPSA) is 49.8 Å². The average molecular weight is 328 g/mol. The zero-order chi connectivity index (χ0) is 14.0. The summed E-state index contributed by atoms with van der Waals surface area (Å²) < 4.78 is 6.45. The van der Waals surface area contributed by atoms with Crippen LogP contribution in [0.15, 0.2) is 22.7 Å². The smallest absolute Gasteiger partial charge is 0.335 e. The number of nitrogens with zero attached hydrogens (tertiary/aromatic N) is 1. The monoisotopic (exact) mass is 327 g/mol. The number of carbonyl (C=O) groups is 1. The van der Waals surface area contributed by atoms with Gasteiger partial charge in [-0.05, 0) is 31.5 Å². The Labute approximate surface area is 121 Å². The summed E-state index contributed by atoms with van der Waals surface area (Å²) in [5, 5.41) is 8.95. The second kappa shape index (κ2) is 6.03. The van der Waals surface area contributed by atoms with E-state index in [0.717, 1.165) is 29.7 Å². The Balaban J connectivity index is 2.12. The lowest BCUT2D eigenvalue weighted by Crippen LogP contribution is -2.46. The van der Waals surface area contributed by atoms with Crippen LogP contribution in [0, 0.1) is 0 Å². The third kappa shape index (κ3) is 3.55. The predicted molar refractivity (Wildman–Crippen MR) is 76.4 cm³/mol. The van der Waals surface area contributed by atoms with Gasteiger partial charge in [0.05, 0.1) is 18.3 Å². The quantitative estimate of drug-likeness (QED) is 0.927. The zero-order valence-corrected chi connectivity index (χ0v) is 12.7. The van der Waals surface area contributed by atoms with Crippen LogP contribution in [-0.2, 0) is 11.3 Å². The molecule has 0 aromatic heterocycles. The highest BCUT2D eigenvalue weighted by Crippen LogP contribution is 2.23. The Bertz CT molecular complexity index is 478. The summed E-state index contributed by atoms with van der Waals surface area (Å²) >= 11 is 3.46. The molecule has 1 aromatic rings. The van der Waals surface area contributed by atoms with Crippen molar-refractivity contribution in [2.75, 3.05) is 13.2 Å². The molecule has 0 bridgehead atoms. The van der Waals surface area contributed by atoms with Gasteiger partial charge in [-0.3, -0.25) is 4.90 Å². The first-order valence-electron chi connectivity index (χ1n) is 6.34. The number of hydrogen-bond donors (Lipinski definition) is 1. The molecule has 1 aliphatic heterocycles. The number of carboxylic acids is 1. The fourth-order valence-electron chi connectivity index (χ4n) is 2.22. The molecule has 104 valence electrons. The molecule has 1 N–H and O–H groups in total. The number of ether oxygens (including phenoxy) is 1. The van der Waals surface area contributed by atoms with Crippen molar-refractivity contribution in [1.29, 1.82) is 0 Å². The van der Waals surface area contributed by atoms with Crippen molar-refractivity contribution in [1.82, 2.24) is 4.90 Å². The number of aromatic carboxylic acids is 1. The van der Waals surface area contributed by atoms with Gasteiger partial charge >= 0.3 is 5.97 Å². The molecule has 2 atom stereocenters. The third-order valence-electron chi connectivity index (χ3n) is 3.41. The molecule has 1 aliphatic rings. The number of carboxylic acid groups (broad SMARTS) is 1. The highest BCUT2D eigenvalue weighted by Gasteiger charge is 2.23. The van der Waals surface area contributed by atoms with Crippen molar-refractivity contribution in [3.63, 3.8) is 0 Å². The fraction of sp³-hybridized carbons (Fsp3) is 0.500. The van der Waals surface area contributed by atoms with E-state index in [-0.39, 0.29) is 6.10 Å². The van der Waals surface area contributed by atoms with Crippen molar-refractivity contribution in [3.05, 3.63) is 33.8 Å². The Morgan fingerprint density at radius 2 is 2.26 bits per heavy atom. The van der Waals surface area contributed by atoms with E-state index < -0.39 is 5.97 Å². The molecule has 0 aliphatic carbocycles. The SMILES string of the molecule is CC1CN(Cc2ccc(C(=O)O)cc2Br)C(C)CO1. The minimum absolute atomic E-state index is 0.244. The largest absolute Gasteiger partial charge is 0.478 e. The summed E-state index contributed by atoms with van der Waals surface area (Å²) in [5.74, 6) is -0.902. The van der Waals surface area contributed by atoms with E-state index in [1.807, 2.05) is 6.07 Å². The van der Waals surface area contributed by atoms with Crippen LogP contribution in [0.1, 0.15) is 29.8 Å². The van der Waals surface area contributed by atoms with Gasteiger partial charge in [0.25, 0.3) is 0 Å². The van der Waals surface area contributed by atoms with E-state index in [1.54, 1.807) is 12.1 Å². The van der Waals surface area contributed by atoms with Crippen molar-refractivity contribution < 1.29 is 14.6 Å². The fourth-order valence-corrected chi connectivity index (χ4v) is 2.72. The Morgan fingerprint density at radius 3 is 2.89 bits per heavy atom. The number of halogens is 1. The minimum Gasteiger partial charge on any atom is -0.478 e. The second-order valence-electron chi connectivity index (χ2n) is 5.03. The molecule has 1 fully saturated rings. The van der Waals surface area contributed by atoms with Crippen molar-refractivity contribution in [2.24, 2.45) is 0 Å². The molecule has 2 rings (SSSR count). The van der Waals surface area contributed by atoms with Gasteiger partial charge < -0.3 is 9.84 Å². The Hall–Kier alpha value is -0.910. The van der Waals surface area contributed by atoms with E-state index in [2.05, 4.69) is 34.7 Å². The first kappa shape index (κ1) is 14.5. The van der Waals surface area contributed by atoms with Gasteiger partial charge in [-0.25, -0.2) is 4.79 Å². The first-order valence-corrected chi connectivity index (χ1v) is 7.14. The number of hydrogen-bond acceptors (Lipinski definition) is 3. The number of benzene rings is 1. The van der Waals surface area contributed by atoms with Crippen LogP contribution in [0.4, 0.5) is 0 Å². The maximum absolute atomic E-state index is 10.9. The summed E-state index contributed by atoms with van der Waals surface area (Å²) in [7, 11) is 0. The summed E-state index contributed by atoms with van der Waals surface area (Å²) in [6.07, 6.45) is 0.244. The maximum Gasteiger partial charge on any atom is 0.335 e. The van der Waals surface area contributed by atoms with E-state index in [4.69, 9.17) is 9.84 Å². The Kier molecular flexibility index (Phi) is 4.60. The second-order valence-corrected chi connectivity index (χ2v) is 5.89. The summed E-state index contributed by atoms with van der Waals surface area (Å²) in [5.41, 5.74) is 1.41. The van der Waals surface area contributed by atoms with Gasteiger partial charge in [-0.2, -0.15) is 0 Å². The van der Waals surface area contributed by atoms with Crippen LogP contribution < -0.4 is 0 Å². The minimum atomic E-state index is -0.902. The van der Waals surface area contributed by atoms with Crippen LogP contribution in [-0.4, -0.2) is 41.3 Å². The van der Waals surface area contributed by atoms with Gasteiger partial charge in [0.2, 0.25) is 0 Å². The highest BCUT2D eigenvalue weighted by molar-refractivity contribution is 9.10. The third-order valence-corrected chi connectivity index (χ3v) is 4.15. The molecular weight excluding hydrogens is 310 g/mol. The predicted octanol–water partition coefficient (Wildman–Crippen LogP) is 2.76. The summed E-state index contributed by atoms with van der Waals surface area (Å²) in [4.78, 5) is 13.3. The van der Waals surface area contributed by atoms with Gasteiger partial charge in [0.1, 0.15) is 0 Å². The van der Waals surface area contributed by atoms with Crippen molar-refractivity contribution >= 4 is 21.9 Å². The first-order chi connectivity index (χ1) is 8.97. The number of morpholine rings is 1. The molecule has 0 spiro atoms. The van der Waals surface area contributed by atoms with Crippen LogP contribution >= 0.6 is 15.9 Å². The molecule has 2 unspecified atom stereocenters. The van der Waals surface area contributed by atoms with Gasteiger partial charge in [0.15, 0.2) is 0 Å². The van der Waals surface area contributed by atoms with E-state index >= 15 is 0 Å². The molecule has 5 heteroatoms. The van der Waals surface area contributed by atoms with Crippen LogP contribution in [0.25, 0.3) is 0 Å². The van der Waals surface area contributed by atoms with Gasteiger partial charge in [-0.15, -0.1) is 0 Å². The van der Waals surface area contributed by atoms with E-state index in [9.17, 15) is 4.79 Å². The molecule has 1 aromatic carbocycles. The maximum atomic E-state index is 10.9. The lowest BCUT2D eigenvalue weighted by molar-refractivity contribution is -0.0527. The molecule has 1 saturated heterocycles. The summed E-state index contributed by atoms with van der Waals surface area (Å²) in [6.45, 7) is 6.66. The van der Waals surface area contributed by atoms with Gasteiger partial charge in [-0.1, -0.05) is 22.0 Å². The molecule has 0 amide bonds. The van der Waals surface area contributed by atoms with Crippen molar-refractivity contribution in [2.45, 2.75) is 32.5 Å². The van der Waals surface area contributed by atoms with Crippen molar-refractivity contribution in [3.8, 4) is 0 Å². The average Bonchev–Trinajstić information content (AvgIpc) is 2.36. The molecule has 0 radical (unpaired) electrons. The van der Waals surface area contributed by atoms with Crippen LogP contribution in [0.5, 0.6) is 0 Å². The van der Waals surface area contributed by atoms with Crippen LogP contribution in [0.2, 0.25) is 0 Å². The molecular formula is C14H18BrNO3. The standard InChI is InChI=1S/C14H18BrNO3/c1-9-8-19-10(2)6-16(9)7-12-4-3-11(14(17)18)5-13(12)15/h3-5,9-10H,6-8H2,1-2H3,(H,17,18). The van der Waals surface area contributed by atoms with E-state index in [0.29, 0.717) is 11.6 Å². The zero-order valence-electron chi connectivity index (χ0n) is 11.1. The summed E-state index contributed by atoms with van der Waals surface area (Å²) in [6, 6.07) is 5.56. The van der Waals surface area contributed by atoms with Crippen LogP contribution in [0.3, 0.4) is 0 Å². The Morgan fingerprint density at radius 1 is 1.53 bits per heavy atom. The number of rotatable bonds is 3. The lowest BCUT2D eigenvalue weighted by Gasteiger charge is -2.37.